The molecule has 0 bridgehead atoms. The minimum absolute atomic E-state index is 0.251. The summed E-state index contributed by atoms with van der Waals surface area (Å²) >= 11 is 0.993. The van der Waals surface area contributed by atoms with Crippen LogP contribution in [-0.2, 0) is 17.5 Å². The number of nitro benzene ring substituents is 1. The molecule has 0 saturated heterocycles. The second-order valence-electron chi connectivity index (χ2n) is 6.27. The van der Waals surface area contributed by atoms with Crippen LogP contribution >= 0.6 is 11.8 Å². The van der Waals surface area contributed by atoms with Crippen molar-refractivity contribution in [3.05, 3.63) is 33.9 Å². The van der Waals surface area contributed by atoms with E-state index in [9.17, 15) is 28.1 Å². The van der Waals surface area contributed by atoms with Gasteiger partial charge in [-0.3, -0.25) is 14.9 Å². The third-order valence-electron chi connectivity index (χ3n) is 3.47. The van der Waals surface area contributed by atoms with Gasteiger partial charge in [0.25, 0.3) is 5.69 Å². The van der Waals surface area contributed by atoms with E-state index >= 15 is 0 Å². The summed E-state index contributed by atoms with van der Waals surface area (Å²) in [6.07, 6.45) is -4.87. The number of nitrogens with zero attached hydrogens (tertiary/aromatic N) is 5. The number of aromatic nitrogens is 4. The van der Waals surface area contributed by atoms with E-state index in [0.717, 1.165) is 23.9 Å². The van der Waals surface area contributed by atoms with Gasteiger partial charge in [-0.05, 0) is 29.3 Å². The number of nitro groups is 1. The Morgan fingerprint density at radius 3 is 2.61 bits per heavy atom. The Bertz CT molecular complexity index is 871. The second-order valence-corrected chi connectivity index (χ2v) is 7.58. The lowest BCUT2D eigenvalue weighted by Crippen LogP contribution is -2.25. The first-order chi connectivity index (χ1) is 13.0. The number of hydrogen-bond donors (Lipinski definition) is 1. The SMILES string of the molecule is CC(C)Cn1nnnc1SC(C)C(=O)Nc1ccc([N+](=O)[O-])cc1C(F)(F)F. The zero-order chi connectivity index (χ0) is 21.1. The minimum atomic E-state index is -4.87. The smallest absolute Gasteiger partial charge is 0.325 e. The monoisotopic (exact) mass is 418 g/mol. The van der Waals surface area contributed by atoms with E-state index in [1.807, 2.05) is 13.8 Å². The molecule has 2 aromatic rings. The molecular weight excluding hydrogens is 401 g/mol. The number of non-ortho nitro benzene ring substituents is 1. The van der Waals surface area contributed by atoms with E-state index in [1.54, 1.807) is 0 Å². The van der Waals surface area contributed by atoms with E-state index in [0.29, 0.717) is 17.8 Å². The van der Waals surface area contributed by atoms with Gasteiger partial charge in [0, 0.05) is 18.7 Å². The van der Waals surface area contributed by atoms with Gasteiger partial charge in [-0.15, -0.1) is 5.10 Å². The van der Waals surface area contributed by atoms with Gasteiger partial charge < -0.3 is 5.32 Å². The highest BCUT2D eigenvalue weighted by atomic mass is 32.2. The third-order valence-corrected chi connectivity index (χ3v) is 4.54. The Hall–Kier alpha value is -2.70. The van der Waals surface area contributed by atoms with Crippen LogP contribution in [0.2, 0.25) is 0 Å². The van der Waals surface area contributed by atoms with Crippen molar-refractivity contribution in [3.63, 3.8) is 0 Å². The Labute approximate surface area is 161 Å². The summed E-state index contributed by atoms with van der Waals surface area (Å²) in [7, 11) is 0. The fraction of sp³-hybridized carbons (Fsp3) is 0.467. The Balaban J connectivity index is 2.18. The molecule has 152 valence electrons. The lowest BCUT2D eigenvalue weighted by molar-refractivity contribution is -0.385. The van der Waals surface area contributed by atoms with E-state index in [-0.39, 0.29) is 5.92 Å². The molecule has 0 saturated carbocycles. The standard InChI is InChI=1S/C15H17F3N6O3S/c1-8(2)7-23-14(20-21-22-23)28-9(3)13(25)19-12-5-4-10(24(26)27)6-11(12)15(16,17)18/h4-6,8-9H,7H2,1-3H3,(H,19,25). The topological polar surface area (TPSA) is 116 Å². The summed E-state index contributed by atoms with van der Waals surface area (Å²) in [4.78, 5) is 22.2. The molecule has 1 atom stereocenters. The van der Waals surface area contributed by atoms with Gasteiger partial charge in [0.2, 0.25) is 11.1 Å². The number of amides is 1. The maximum absolute atomic E-state index is 13.2. The van der Waals surface area contributed by atoms with Crippen molar-refractivity contribution in [2.45, 2.75) is 43.9 Å². The third kappa shape index (κ3) is 5.41. The number of halogens is 3. The van der Waals surface area contributed by atoms with E-state index < -0.39 is 39.2 Å². The van der Waals surface area contributed by atoms with Crippen LogP contribution in [-0.4, -0.2) is 36.3 Å². The van der Waals surface area contributed by atoms with Crippen LogP contribution in [0.1, 0.15) is 26.3 Å². The Kier molecular flexibility index (Phi) is 6.59. The highest BCUT2D eigenvalue weighted by Gasteiger charge is 2.36. The van der Waals surface area contributed by atoms with Crippen LogP contribution < -0.4 is 5.32 Å². The van der Waals surface area contributed by atoms with Crippen molar-refractivity contribution in [1.82, 2.24) is 20.2 Å². The molecule has 0 fully saturated rings. The van der Waals surface area contributed by atoms with Crippen LogP contribution in [0.3, 0.4) is 0 Å². The number of hydrogen-bond acceptors (Lipinski definition) is 7. The van der Waals surface area contributed by atoms with Crippen molar-refractivity contribution in [2.75, 3.05) is 5.32 Å². The van der Waals surface area contributed by atoms with Crippen molar-refractivity contribution >= 4 is 29.0 Å². The average Bonchev–Trinajstić information content (AvgIpc) is 2.99. The molecule has 1 amide bonds. The van der Waals surface area contributed by atoms with E-state index in [2.05, 4.69) is 20.8 Å². The van der Waals surface area contributed by atoms with Gasteiger partial charge >= 0.3 is 6.18 Å². The summed E-state index contributed by atoms with van der Waals surface area (Å²) in [5.41, 5.74) is -2.57. The number of carbonyl (C=O) groups excluding carboxylic acids is 1. The molecule has 28 heavy (non-hydrogen) atoms. The summed E-state index contributed by atoms with van der Waals surface area (Å²) in [5.74, 6) is -0.468. The quantitative estimate of drug-likeness (QED) is 0.416. The zero-order valence-electron chi connectivity index (χ0n) is 15.1. The number of carbonyl (C=O) groups is 1. The fourth-order valence-corrected chi connectivity index (χ4v) is 2.98. The maximum atomic E-state index is 13.2. The van der Waals surface area contributed by atoms with Crippen LogP contribution in [0, 0.1) is 16.0 Å². The molecule has 2 rings (SSSR count). The predicted molar refractivity (Wildman–Crippen MR) is 94.7 cm³/mol. The first kappa shape index (κ1) is 21.6. The number of benzene rings is 1. The first-order valence-corrected chi connectivity index (χ1v) is 8.96. The summed E-state index contributed by atoms with van der Waals surface area (Å²) < 4.78 is 41.1. The van der Waals surface area contributed by atoms with Gasteiger partial charge in [-0.25, -0.2) is 4.68 Å². The molecule has 0 aliphatic carbocycles. The average molecular weight is 418 g/mol. The molecule has 13 heteroatoms. The predicted octanol–water partition coefficient (Wildman–Crippen LogP) is 3.38. The minimum Gasteiger partial charge on any atom is -0.325 e. The van der Waals surface area contributed by atoms with Gasteiger partial charge in [0.05, 0.1) is 21.4 Å². The van der Waals surface area contributed by atoms with Crippen LogP contribution in [0.25, 0.3) is 0 Å². The number of alkyl halides is 3. The van der Waals surface area contributed by atoms with Gasteiger partial charge in [0.1, 0.15) is 0 Å². The van der Waals surface area contributed by atoms with Crippen molar-refractivity contribution in [3.8, 4) is 0 Å². The number of rotatable bonds is 7. The molecule has 0 spiro atoms. The molecule has 1 aromatic heterocycles. The van der Waals surface area contributed by atoms with Crippen LogP contribution in [0.4, 0.5) is 24.5 Å². The molecular formula is C15H17F3N6O3S. The second kappa shape index (κ2) is 8.54. The van der Waals surface area contributed by atoms with Crippen molar-refractivity contribution in [1.29, 1.82) is 0 Å². The summed E-state index contributed by atoms with van der Waals surface area (Å²) in [5, 5.41) is 23.6. The lowest BCUT2D eigenvalue weighted by Gasteiger charge is -2.16. The van der Waals surface area contributed by atoms with E-state index in [1.165, 1.54) is 11.6 Å². The molecule has 0 radical (unpaired) electrons. The number of anilines is 1. The highest BCUT2D eigenvalue weighted by molar-refractivity contribution is 8.00. The van der Waals surface area contributed by atoms with Crippen molar-refractivity contribution < 1.29 is 22.9 Å². The number of thioether (sulfide) groups is 1. The Morgan fingerprint density at radius 2 is 2.04 bits per heavy atom. The first-order valence-electron chi connectivity index (χ1n) is 8.08. The number of nitrogens with one attached hydrogen (secondary N) is 1. The normalized spacial score (nSPS) is 12.8. The van der Waals surface area contributed by atoms with Gasteiger partial charge in [-0.1, -0.05) is 25.6 Å². The molecule has 1 unspecified atom stereocenters. The summed E-state index contributed by atoms with van der Waals surface area (Å²) in [6, 6.07) is 2.14. The van der Waals surface area contributed by atoms with E-state index in [4.69, 9.17) is 0 Å². The molecule has 1 N–H and O–H groups in total. The highest BCUT2D eigenvalue weighted by Crippen LogP contribution is 2.37. The van der Waals surface area contributed by atoms with Gasteiger partial charge in [0.15, 0.2) is 0 Å². The maximum Gasteiger partial charge on any atom is 0.418 e. The number of tetrazole rings is 1. The van der Waals surface area contributed by atoms with Gasteiger partial charge in [-0.2, -0.15) is 13.2 Å². The molecule has 9 nitrogen and oxygen atoms in total. The molecule has 1 aromatic carbocycles. The molecule has 0 aliphatic rings. The fourth-order valence-electron chi connectivity index (χ4n) is 2.18. The van der Waals surface area contributed by atoms with Crippen LogP contribution in [0.5, 0.6) is 0 Å². The van der Waals surface area contributed by atoms with Crippen LogP contribution in [0.15, 0.2) is 23.4 Å². The molecule has 0 aliphatic heterocycles. The lowest BCUT2D eigenvalue weighted by atomic mass is 10.1. The summed E-state index contributed by atoms with van der Waals surface area (Å²) in [6.45, 7) is 5.93. The largest absolute Gasteiger partial charge is 0.418 e. The Morgan fingerprint density at radius 1 is 1.36 bits per heavy atom. The molecule has 1 heterocycles. The van der Waals surface area contributed by atoms with Crippen molar-refractivity contribution in [2.24, 2.45) is 5.92 Å². The zero-order valence-corrected chi connectivity index (χ0v) is 15.9.